The molecule has 0 heterocycles. The van der Waals surface area contributed by atoms with Crippen LogP contribution in [0.25, 0.3) is 0 Å². The Bertz CT molecular complexity index is 1030. The third kappa shape index (κ3) is 5.10. The van der Waals surface area contributed by atoms with Gasteiger partial charge in [0.15, 0.2) is 0 Å². The van der Waals surface area contributed by atoms with Crippen LogP contribution in [0.2, 0.25) is 0 Å². The Labute approximate surface area is 228 Å². The molecule has 0 aliphatic heterocycles. The number of aliphatic hydroxyl groups excluding tert-OH is 1. The molecule has 1 atom stereocenters. The summed E-state index contributed by atoms with van der Waals surface area (Å²) in [6, 6.07) is 0. The molecule has 0 aromatic carbocycles. The van der Waals surface area contributed by atoms with E-state index in [0.717, 1.165) is 0 Å². The van der Waals surface area contributed by atoms with Crippen molar-refractivity contribution in [2.75, 3.05) is 0 Å². The first kappa shape index (κ1) is 43.1. The van der Waals surface area contributed by atoms with Gasteiger partial charge in [-0.3, -0.25) is 0 Å². The van der Waals surface area contributed by atoms with Crippen LogP contribution in [0.1, 0.15) is 19.8 Å². The van der Waals surface area contributed by atoms with Gasteiger partial charge in [-0.15, -0.1) is 0 Å². The van der Waals surface area contributed by atoms with E-state index in [2.05, 4.69) is 0 Å². The van der Waals surface area contributed by atoms with Crippen LogP contribution in [0.15, 0.2) is 0 Å². The molecule has 28 heteroatoms. The largest absolute Gasteiger partial charge is 0.438 e. The van der Waals surface area contributed by atoms with E-state index in [1.807, 2.05) is 0 Å². The predicted molar refractivity (Wildman–Crippen MR) is 86.3 cm³/mol. The fourth-order valence-electron chi connectivity index (χ4n) is 2.99. The lowest BCUT2D eigenvalue weighted by atomic mass is 9.81. The Morgan fingerprint density at radius 2 is 0.556 bits per heavy atom. The van der Waals surface area contributed by atoms with Crippen molar-refractivity contribution in [3.05, 3.63) is 0 Å². The quantitative estimate of drug-likeness (QED) is 0.187. The van der Waals surface area contributed by atoms with Crippen molar-refractivity contribution in [2.24, 2.45) is 0 Å². The Morgan fingerprint density at radius 1 is 0.356 bits per heavy atom. The highest BCUT2D eigenvalue weighted by molar-refractivity contribution is 5.22. The molecule has 0 bridgehead atoms. The zero-order valence-electron chi connectivity index (χ0n) is 20.1. The standard InChI is InChI=1S/C17H9F27O/c1-2-3-4(45)5(18,19)7(21,22)9(25,26)11(29,30)13(33,34)15(37,38)14(35,36)12(31,32)10(27,28)8(23,24)6(20,16(39,40)41)17(42,43)44/h4,45H,2-3H2,1H3. The van der Waals surface area contributed by atoms with Gasteiger partial charge in [0.25, 0.3) is 0 Å². The molecule has 0 aromatic rings. The molecule has 0 aliphatic carbocycles. The molecule has 0 rings (SSSR count). The number of aliphatic hydroxyl groups is 1. The van der Waals surface area contributed by atoms with E-state index in [1.165, 1.54) is 0 Å². The normalized spacial score (nSPS) is 17.5. The fourth-order valence-corrected chi connectivity index (χ4v) is 2.99. The van der Waals surface area contributed by atoms with Crippen molar-refractivity contribution in [3.8, 4) is 0 Å². The monoisotopic (exact) mass is 742 g/mol. The predicted octanol–water partition coefficient (Wildman–Crippen LogP) is 9.33. The highest BCUT2D eigenvalue weighted by Gasteiger charge is 3.01. The van der Waals surface area contributed by atoms with E-state index in [-0.39, 0.29) is 0 Å². The molecule has 0 aliphatic rings. The number of alkyl halides is 27. The lowest BCUT2D eigenvalue weighted by Gasteiger charge is -2.46. The number of hydrogen-bond acceptors (Lipinski definition) is 1. The van der Waals surface area contributed by atoms with Crippen LogP contribution in [-0.4, -0.2) is 88.5 Å². The Hall–Kier alpha value is -1.93. The van der Waals surface area contributed by atoms with Crippen LogP contribution in [0.4, 0.5) is 119 Å². The van der Waals surface area contributed by atoms with E-state index in [9.17, 15) is 119 Å². The van der Waals surface area contributed by atoms with Crippen molar-refractivity contribution < 1.29 is 124 Å². The van der Waals surface area contributed by atoms with Gasteiger partial charge >= 0.3 is 77.2 Å². The first-order valence-electron chi connectivity index (χ1n) is 10.3. The Balaban J connectivity index is 7.57. The van der Waals surface area contributed by atoms with Crippen LogP contribution in [0.5, 0.6) is 0 Å². The molecular weight excluding hydrogens is 733 g/mol. The van der Waals surface area contributed by atoms with Crippen LogP contribution in [0, 0.1) is 0 Å². The smallest absolute Gasteiger partial charge is 0.387 e. The zero-order chi connectivity index (χ0) is 37.5. The first-order valence-corrected chi connectivity index (χ1v) is 10.3. The van der Waals surface area contributed by atoms with E-state index in [0.29, 0.717) is 6.92 Å². The summed E-state index contributed by atoms with van der Waals surface area (Å²) in [4.78, 5) is 0. The van der Waals surface area contributed by atoms with Crippen molar-refractivity contribution in [1.82, 2.24) is 0 Å². The summed E-state index contributed by atoms with van der Waals surface area (Å²) in [5.74, 6) is -92.4. The minimum absolute atomic E-state index is 0.636. The summed E-state index contributed by atoms with van der Waals surface area (Å²) >= 11 is 0. The Morgan fingerprint density at radius 3 is 0.756 bits per heavy atom. The average Bonchev–Trinajstić information content (AvgIpc) is 2.80. The van der Waals surface area contributed by atoms with Crippen LogP contribution in [-0.2, 0) is 0 Å². The van der Waals surface area contributed by atoms with Crippen LogP contribution < -0.4 is 0 Å². The maximum Gasteiger partial charge on any atom is 0.438 e. The van der Waals surface area contributed by atoms with Crippen molar-refractivity contribution in [2.45, 2.75) is 103 Å². The summed E-state index contributed by atoms with van der Waals surface area (Å²) in [6.07, 6.45) is -24.6. The molecule has 1 nitrogen and oxygen atoms in total. The Kier molecular flexibility index (Phi) is 10.3. The first-order chi connectivity index (χ1) is 19.0. The van der Waals surface area contributed by atoms with Gasteiger partial charge in [0.2, 0.25) is 0 Å². The number of halogens is 27. The van der Waals surface area contributed by atoms with Crippen molar-refractivity contribution in [1.29, 1.82) is 0 Å². The van der Waals surface area contributed by atoms with Crippen LogP contribution in [0.3, 0.4) is 0 Å². The maximum atomic E-state index is 13.8. The van der Waals surface area contributed by atoms with Gasteiger partial charge in [-0.25, -0.2) is 4.39 Å². The molecule has 0 saturated carbocycles. The second-order valence-electron chi connectivity index (χ2n) is 8.75. The molecular formula is C17H9F27O. The fraction of sp³-hybridized carbons (Fsp3) is 1.00. The lowest BCUT2D eigenvalue weighted by molar-refractivity contribution is -0.487. The van der Waals surface area contributed by atoms with Gasteiger partial charge < -0.3 is 5.11 Å². The third-order valence-electron chi connectivity index (χ3n) is 5.77. The number of rotatable bonds is 13. The summed E-state index contributed by atoms with van der Waals surface area (Å²) in [5, 5.41) is 8.78. The highest BCUT2D eigenvalue weighted by atomic mass is 19.4. The molecule has 272 valence electrons. The molecule has 1 unspecified atom stereocenters. The topological polar surface area (TPSA) is 20.2 Å². The van der Waals surface area contributed by atoms with Gasteiger partial charge in [-0.2, -0.15) is 114 Å². The highest BCUT2D eigenvalue weighted by Crippen LogP contribution is 2.69. The molecule has 0 aromatic heterocycles. The molecule has 0 saturated heterocycles. The lowest BCUT2D eigenvalue weighted by Crippen LogP contribution is -2.80. The molecule has 0 amide bonds. The molecule has 0 radical (unpaired) electrons. The minimum atomic E-state index is -9.84. The van der Waals surface area contributed by atoms with Gasteiger partial charge in [-0.05, 0) is 6.42 Å². The zero-order valence-corrected chi connectivity index (χ0v) is 20.1. The molecule has 0 fully saturated rings. The summed E-state index contributed by atoms with van der Waals surface area (Å²) in [6.45, 7) is 0.636. The molecule has 1 N–H and O–H groups in total. The minimum Gasteiger partial charge on any atom is -0.387 e. The van der Waals surface area contributed by atoms with Gasteiger partial charge in [-0.1, -0.05) is 13.3 Å². The summed E-state index contributed by atoms with van der Waals surface area (Å²) < 4.78 is 361. The second kappa shape index (κ2) is 10.8. The molecule has 45 heavy (non-hydrogen) atoms. The maximum absolute atomic E-state index is 13.8. The van der Waals surface area contributed by atoms with Gasteiger partial charge in [0.05, 0.1) is 0 Å². The van der Waals surface area contributed by atoms with Crippen LogP contribution >= 0.6 is 0 Å². The second-order valence-corrected chi connectivity index (χ2v) is 8.75. The van der Waals surface area contributed by atoms with E-state index in [4.69, 9.17) is 5.11 Å². The van der Waals surface area contributed by atoms with E-state index >= 15 is 0 Å². The van der Waals surface area contributed by atoms with Crippen molar-refractivity contribution >= 4 is 0 Å². The number of hydrogen-bond donors (Lipinski definition) is 1. The molecule has 0 spiro atoms. The summed E-state index contributed by atoms with van der Waals surface area (Å²) in [7, 11) is 0. The van der Waals surface area contributed by atoms with Crippen molar-refractivity contribution in [3.63, 3.8) is 0 Å². The van der Waals surface area contributed by atoms with E-state index in [1.54, 1.807) is 0 Å². The van der Waals surface area contributed by atoms with Gasteiger partial charge in [0.1, 0.15) is 6.10 Å². The van der Waals surface area contributed by atoms with Gasteiger partial charge in [0, 0.05) is 0 Å². The van der Waals surface area contributed by atoms with E-state index < -0.39 is 96.2 Å². The summed E-state index contributed by atoms with van der Waals surface area (Å²) in [5.41, 5.74) is -9.22. The average molecular weight is 742 g/mol. The third-order valence-corrected chi connectivity index (χ3v) is 5.77. The SMILES string of the molecule is CCCC(O)C(F)(F)C(F)(F)C(F)(F)C(F)(F)C(F)(F)C(F)(F)C(F)(F)C(F)(F)C(F)(F)C(F)(F)C(F)(C(F)(F)F)C(F)(F)F.